The van der Waals surface area contributed by atoms with E-state index in [1.807, 2.05) is 32.9 Å². The second kappa shape index (κ2) is 8.18. The summed E-state index contributed by atoms with van der Waals surface area (Å²) in [6.45, 7) is 6.52. The molecule has 1 atom stereocenters. The monoisotopic (exact) mass is 332 g/mol. The maximum atomic E-state index is 12.4. The molecule has 1 aromatic carbocycles. The van der Waals surface area contributed by atoms with Gasteiger partial charge in [-0.25, -0.2) is 4.79 Å². The molecule has 0 heterocycles. The molecule has 5 heteroatoms. The van der Waals surface area contributed by atoms with Gasteiger partial charge in [-0.1, -0.05) is 24.3 Å². The summed E-state index contributed by atoms with van der Waals surface area (Å²) in [4.78, 5) is 23.9. The van der Waals surface area contributed by atoms with E-state index in [1.165, 1.54) is 5.56 Å². The summed E-state index contributed by atoms with van der Waals surface area (Å²) in [5.74, 6) is 0.0354. The third kappa shape index (κ3) is 5.55. The van der Waals surface area contributed by atoms with E-state index in [2.05, 4.69) is 22.8 Å². The normalized spacial score (nSPS) is 16.9. The first-order valence-corrected chi connectivity index (χ1v) is 8.69. The number of amides is 2. The molecule has 1 unspecified atom stereocenters. The Morgan fingerprint density at radius 1 is 1.17 bits per heavy atom. The predicted octanol–water partition coefficient (Wildman–Crippen LogP) is 3.14. The van der Waals surface area contributed by atoms with Crippen molar-refractivity contribution in [3.63, 3.8) is 0 Å². The highest BCUT2D eigenvalue weighted by molar-refractivity contribution is 5.84. The Hall–Kier alpha value is -2.04. The second-order valence-electron chi connectivity index (χ2n) is 7.22. The molecule has 0 bridgehead atoms. The number of hydrogen-bond acceptors (Lipinski definition) is 3. The van der Waals surface area contributed by atoms with Gasteiger partial charge in [0.25, 0.3) is 0 Å². The van der Waals surface area contributed by atoms with Gasteiger partial charge in [0.2, 0.25) is 5.91 Å². The van der Waals surface area contributed by atoms with Gasteiger partial charge in [-0.05, 0) is 57.6 Å². The van der Waals surface area contributed by atoms with E-state index in [-0.39, 0.29) is 11.8 Å². The first-order valence-electron chi connectivity index (χ1n) is 8.69. The zero-order valence-corrected chi connectivity index (χ0v) is 14.9. The van der Waals surface area contributed by atoms with Crippen molar-refractivity contribution < 1.29 is 14.3 Å². The van der Waals surface area contributed by atoms with E-state index in [9.17, 15) is 9.59 Å². The van der Waals surface area contributed by atoms with Crippen LogP contribution in [0.15, 0.2) is 24.3 Å². The Bertz CT molecular complexity index is 578. The fraction of sp³-hybridized carbons (Fsp3) is 0.579. The quantitative estimate of drug-likeness (QED) is 0.814. The molecule has 5 nitrogen and oxygen atoms in total. The Kier molecular flexibility index (Phi) is 6.23. The average molecular weight is 332 g/mol. The lowest BCUT2D eigenvalue weighted by Crippen LogP contribution is -2.36. The van der Waals surface area contributed by atoms with Gasteiger partial charge in [0.1, 0.15) is 5.60 Å². The van der Waals surface area contributed by atoms with Crippen LogP contribution in [0.3, 0.4) is 0 Å². The summed E-state index contributed by atoms with van der Waals surface area (Å²) in [7, 11) is 0. The van der Waals surface area contributed by atoms with Crippen LogP contribution in [0.25, 0.3) is 0 Å². The van der Waals surface area contributed by atoms with Gasteiger partial charge < -0.3 is 15.4 Å². The average Bonchev–Trinajstić information content (AvgIpc) is 2.52. The van der Waals surface area contributed by atoms with E-state index in [1.54, 1.807) is 0 Å². The zero-order valence-electron chi connectivity index (χ0n) is 14.9. The van der Waals surface area contributed by atoms with Crippen molar-refractivity contribution in [3.05, 3.63) is 35.4 Å². The highest BCUT2D eigenvalue weighted by atomic mass is 16.6. The van der Waals surface area contributed by atoms with Crippen LogP contribution in [0.2, 0.25) is 0 Å². The van der Waals surface area contributed by atoms with Crippen LogP contribution in [-0.2, 0) is 16.0 Å². The van der Waals surface area contributed by atoms with Crippen LogP contribution in [0.1, 0.15) is 57.1 Å². The fourth-order valence-corrected chi connectivity index (χ4v) is 2.95. The van der Waals surface area contributed by atoms with E-state index in [4.69, 9.17) is 4.74 Å². The first-order chi connectivity index (χ1) is 11.4. The number of carbonyl (C=O) groups is 2. The molecule has 0 radical (unpaired) electrons. The Morgan fingerprint density at radius 2 is 1.88 bits per heavy atom. The molecule has 0 spiro atoms. The van der Waals surface area contributed by atoms with Crippen LogP contribution in [0.5, 0.6) is 0 Å². The summed E-state index contributed by atoms with van der Waals surface area (Å²) >= 11 is 0. The minimum Gasteiger partial charge on any atom is -0.444 e. The standard InChI is InChI=1S/C19H28N2O3/c1-19(2,3)24-18(23)21-13-7-12-20-17(22)16-11-6-9-14-8-4-5-10-15(14)16/h4-5,8,10,16H,6-7,9,11-13H2,1-3H3,(H,20,22)(H,21,23). The highest BCUT2D eigenvalue weighted by Gasteiger charge is 2.25. The lowest BCUT2D eigenvalue weighted by atomic mass is 9.82. The molecule has 2 rings (SSSR count). The number of hydrogen-bond donors (Lipinski definition) is 2. The maximum Gasteiger partial charge on any atom is 0.407 e. The molecule has 0 aromatic heterocycles. The number of nitrogens with one attached hydrogen (secondary N) is 2. The van der Waals surface area contributed by atoms with Gasteiger partial charge in [0.15, 0.2) is 0 Å². The lowest BCUT2D eigenvalue weighted by Gasteiger charge is -2.24. The van der Waals surface area contributed by atoms with Gasteiger partial charge in [0.05, 0.1) is 5.92 Å². The van der Waals surface area contributed by atoms with Crippen LogP contribution < -0.4 is 10.6 Å². The predicted molar refractivity (Wildman–Crippen MR) is 94.0 cm³/mol. The molecule has 24 heavy (non-hydrogen) atoms. The van der Waals surface area contributed by atoms with Gasteiger partial charge in [-0.3, -0.25) is 4.79 Å². The molecule has 1 aliphatic carbocycles. The minimum atomic E-state index is -0.493. The molecule has 2 amide bonds. The molecule has 0 saturated carbocycles. The summed E-state index contributed by atoms with van der Waals surface area (Å²) < 4.78 is 5.16. The van der Waals surface area contributed by atoms with Crippen molar-refractivity contribution in [2.75, 3.05) is 13.1 Å². The number of ether oxygens (including phenoxy) is 1. The van der Waals surface area contributed by atoms with Crippen LogP contribution in [-0.4, -0.2) is 30.7 Å². The van der Waals surface area contributed by atoms with E-state index in [0.29, 0.717) is 19.5 Å². The van der Waals surface area contributed by atoms with E-state index in [0.717, 1.165) is 24.8 Å². The van der Waals surface area contributed by atoms with Gasteiger partial charge in [0, 0.05) is 13.1 Å². The van der Waals surface area contributed by atoms with Gasteiger partial charge >= 0.3 is 6.09 Å². The van der Waals surface area contributed by atoms with Crippen molar-refractivity contribution in [2.24, 2.45) is 0 Å². The van der Waals surface area contributed by atoms with Gasteiger partial charge in [-0.15, -0.1) is 0 Å². The molecular formula is C19H28N2O3. The smallest absolute Gasteiger partial charge is 0.407 e. The number of carbonyl (C=O) groups excluding carboxylic acids is 2. The van der Waals surface area contributed by atoms with Crippen LogP contribution in [0, 0.1) is 0 Å². The number of fused-ring (bicyclic) bond motifs is 1. The Balaban J connectivity index is 1.70. The summed E-state index contributed by atoms with van der Waals surface area (Å²) in [6, 6.07) is 8.19. The van der Waals surface area contributed by atoms with E-state index >= 15 is 0 Å². The molecule has 1 aliphatic rings. The molecule has 132 valence electrons. The fourth-order valence-electron chi connectivity index (χ4n) is 2.95. The Labute approximate surface area is 144 Å². The molecule has 0 saturated heterocycles. The SMILES string of the molecule is CC(C)(C)OC(=O)NCCCNC(=O)C1CCCc2ccccc21. The molecular weight excluding hydrogens is 304 g/mol. The third-order valence-electron chi connectivity index (χ3n) is 4.01. The van der Waals surface area contributed by atoms with Crippen molar-refractivity contribution in [1.82, 2.24) is 10.6 Å². The van der Waals surface area contributed by atoms with Crippen LogP contribution in [0.4, 0.5) is 4.79 Å². The van der Waals surface area contributed by atoms with Gasteiger partial charge in [-0.2, -0.15) is 0 Å². The van der Waals surface area contributed by atoms with E-state index < -0.39 is 11.7 Å². The third-order valence-corrected chi connectivity index (χ3v) is 4.01. The summed E-state index contributed by atoms with van der Waals surface area (Å²) in [5, 5.41) is 5.68. The number of benzene rings is 1. The number of rotatable bonds is 5. The maximum absolute atomic E-state index is 12.4. The first kappa shape index (κ1) is 18.3. The summed E-state index contributed by atoms with van der Waals surface area (Å²) in [6.07, 6.45) is 3.27. The van der Waals surface area contributed by atoms with Crippen molar-refractivity contribution in [2.45, 2.75) is 58.0 Å². The summed E-state index contributed by atoms with van der Waals surface area (Å²) in [5.41, 5.74) is 1.95. The molecule has 1 aromatic rings. The van der Waals surface area contributed by atoms with Crippen LogP contribution >= 0.6 is 0 Å². The molecule has 2 N–H and O–H groups in total. The van der Waals surface area contributed by atoms with Crippen molar-refractivity contribution in [3.8, 4) is 0 Å². The molecule has 0 fully saturated rings. The van der Waals surface area contributed by atoms with Crippen molar-refractivity contribution >= 4 is 12.0 Å². The zero-order chi connectivity index (χ0) is 17.6. The number of aryl methyl sites for hydroxylation is 1. The minimum absolute atomic E-state index is 0.0474. The molecule has 0 aliphatic heterocycles. The number of alkyl carbamates (subject to hydrolysis) is 1. The topological polar surface area (TPSA) is 67.4 Å². The lowest BCUT2D eigenvalue weighted by molar-refractivity contribution is -0.122. The second-order valence-corrected chi connectivity index (χ2v) is 7.22. The largest absolute Gasteiger partial charge is 0.444 e. The Morgan fingerprint density at radius 3 is 2.62 bits per heavy atom. The highest BCUT2D eigenvalue weighted by Crippen LogP contribution is 2.31. The van der Waals surface area contributed by atoms with Crippen molar-refractivity contribution in [1.29, 1.82) is 0 Å².